The Morgan fingerprint density at radius 3 is 2.35 bits per heavy atom. The summed E-state index contributed by atoms with van der Waals surface area (Å²) in [6, 6.07) is 9.31. The maximum Gasteiger partial charge on any atom is 0.0991 e. The van der Waals surface area contributed by atoms with Gasteiger partial charge in [0, 0.05) is 12.0 Å². The molecule has 0 unspecified atom stereocenters. The van der Waals surface area contributed by atoms with E-state index in [-0.39, 0.29) is 0 Å². The van der Waals surface area contributed by atoms with Gasteiger partial charge in [0.1, 0.15) is 0 Å². The van der Waals surface area contributed by atoms with Crippen molar-refractivity contribution in [3.8, 4) is 29.8 Å². The van der Waals surface area contributed by atoms with Crippen molar-refractivity contribution in [2.24, 2.45) is 0 Å². The van der Waals surface area contributed by atoms with Crippen molar-refractivity contribution < 1.29 is 0 Å². The number of hydrogen-bond acceptors (Lipinski definition) is 1. The van der Waals surface area contributed by atoms with Crippen LogP contribution in [0.15, 0.2) is 36.4 Å². The molecule has 1 heteroatoms. The molecule has 1 rings (SSSR count). The van der Waals surface area contributed by atoms with Crippen molar-refractivity contribution in [1.29, 1.82) is 5.26 Å². The molecule has 100 valence electrons. The molecule has 0 saturated heterocycles. The van der Waals surface area contributed by atoms with Crippen molar-refractivity contribution in [2.75, 3.05) is 0 Å². The summed E-state index contributed by atoms with van der Waals surface area (Å²) in [4.78, 5) is 0. The van der Waals surface area contributed by atoms with Crippen LogP contribution in [-0.2, 0) is 0 Å². The summed E-state index contributed by atoms with van der Waals surface area (Å²) in [5.41, 5.74) is 1.56. The van der Waals surface area contributed by atoms with Gasteiger partial charge in [-0.1, -0.05) is 49.9 Å². The molecule has 0 atom stereocenters. The number of nitrogens with zero attached hydrogens (tertiary/aromatic N) is 1. The first-order chi connectivity index (χ1) is 9.86. The lowest BCUT2D eigenvalue weighted by molar-refractivity contribution is 0.679. The highest BCUT2D eigenvalue weighted by atomic mass is 14.2. The van der Waals surface area contributed by atoms with Gasteiger partial charge in [-0.2, -0.15) is 5.26 Å². The topological polar surface area (TPSA) is 23.8 Å². The van der Waals surface area contributed by atoms with E-state index >= 15 is 0 Å². The second-order valence-electron chi connectivity index (χ2n) is 4.42. The van der Waals surface area contributed by atoms with Gasteiger partial charge >= 0.3 is 0 Å². The largest absolute Gasteiger partial charge is 0.192 e. The number of unbranched alkanes of at least 4 members (excludes halogenated alkanes) is 4. The molecule has 1 aromatic rings. The average Bonchev–Trinajstić information content (AvgIpc) is 2.50. The molecule has 0 radical (unpaired) electrons. The highest BCUT2D eigenvalue weighted by molar-refractivity contribution is 5.41. The molecular formula is C19H19N. The van der Waals surface area contributed by atoms with Crippen LogP contribution in [-0.4, -0.2) is 0 Å². The van der Waals surface area contributed by atoms with Gasteiger partial charge in [0.25, 0.3) is 0 Å². The van der Waals surface area contributed by atoms with Crippen LogP contribution in [0.2, 0.25) is 0 Å². The molecule has 0 spiro atoms. The highest BCUT2D eigenvalue weighted by Crippen LogP contribution is 2.01. The third-order valence-corrected chi connectivity index (χ3v) is 2.74. The first-order valence-corrected chi connectivity index (χ1v) is 7.02. The third kappa shape index (κ3) is 7.10. The average molecular weight is 261 g/mol. The van der Waals surface area contributed by atoms with Crippen LogP contribution in [0.4, 0.5) is 0 Å². The van der Waals surface area contributed by atoms with Crippen LogP contribution in [0.1, 0.15) is 50.2 Å². The second kappa shape index (κ2) is 10.5. The molecule has 0 aliphatic carbocycles. The van der Waals surface area contributed by atoms with Crippen molar-refractivity contribution in [1.82, 2.24) is 0 Å². The SMILES string of the molecule is CCCCCCC#CC=CC#Cc1ccc(C#N)cc1. The molecule has 0 bridgehead atoms. The lowest BCUT2D eigenvalue weighted by Crippen LogP contribution is -1.75. The van der Waals surface area contributed by atoms with Gasteiger partial charge in [0.15, 0.2) is 0 Å². The molecule has 0 N–H and O–H groups in total. The van der Waals surface area contributed by atoms with Crippen LogP contribution < -0.4 is 0 Å². The van der Waals surface area contributed by atoms with Crippen LogP contribution in [0, 0.1) is 35.0 Å². The van der Waals surface area contributed by atoms with E-state index in [1.54, 1.807) is 24.3 Å². The monoisotopic (exact) mass is 261 g/mol. The summed E-state index contributed by atoms with van der Waals surface area (Å²) in [5, 5.41) is 8.68. The van der Waals surface area contributed by atoms with Crippen molar-refractivity contribution >= 4 is 0 Å². The van der Waals surface area contributed by atoms with Gasteiger partial charge in [-0.15, -0.1) is 0 Å². The van der Waals surface area contributed by atoms with E-state index in [1.807, 2.05) is 12.1 Å². The highest BCUT2D eigenvalue weighted by Gasteiger charge is 1.88. The van der Waals surface area contributed by atoms with E-state index in [0.717, 1.165) is 12.0 Å². The van der Waals surface area contributed by atoms with Crippen molar-refractivity contribution in [3.05, 3.63) is 47.5 Å². The first-order valence-electron chi connectivity index (χ1n) is 7.02. The molecule has 0 amide bonds. The fourth-order valence-electron chi connectivity index (χ4n) is 1.61. The Bertz CT molecular complexity index is 577. The van der Waals surface area contributed by atoms with Gasteiger partial charge < -0.3 is 0 Å². The zero-order valence-electron chi connectivity index (χ0n) is 11.9. The summed E-state index contributed by atoms with van der Waals surface area (Å²) in [6.07, 6.45) is 9.53. The minimum absolute atomic E-state index is 0.653. The Hall–Kier alpha value is -2.43. The second-order valence-corrected chi connectivity index (χ2v) is 4.42. The predicted molar refractivity (Wildman–Crippen MR) is 83.7 cm³/mol. The first kappa shape index (κ1) is 15.6. The predicted octanol–water partition coefficient (Wildman–Crippen LogP) is 4.44. The fourth-order valence-corrected chi connectivity index (χ4v) is 1.61. The summed E-state index contributed by atoms with van der Waals surface area (Å²) in [6.45, 7) is 2.21. The van der Waals surface area contributed by atoms with Crippen LogP contribution in [0.5, 0.6) is 0 Å². The molecule has 1 aromatic carbocycles. The third-order valence-electron chi connectivity index (χ3n) is 2.74. The molecular weight excluding hydrogens is 242 g/mol. The van der Waals surface area contributed by atoms with Crippen molar-refractivity contribution in [2.45, 2.75) is 39.0 Å². The van der Waals surface area contributed by atoms with Gasteiger partial charge in [-0.05, 0) is 42.8 Å². The number of rotatable bonds is 4. The Kier molecular flexibility index (Phi) is 8.20. The van der Waals surface area contributed by atoms with E-state index in [2.05, 4.69) is 36.7 Å². The lowest BCUT2D eigenvalue weighted by atomic mass is 10.1. The van der Waals surface area contributed by atoms with Crippen LogP contribution in [0.3, 0.4) is 0 Å². The maximum absolute atomic E-state index is 8.68. The Morgan fingerprint density at radius 1 is 0.950 bits per heavy atom. The number of hydrogen-bond donors (Lipinski definition) is 0. The van der Waals surface area contributed by atoms with Crippen LogP contribution in [0.25, 0.3) is 0 Å². The van der Waals surface area contributed by atoms with E-state index in [1.165, 1.54) is 25.7 Å². The van der Waals surface area contributed by atoms with Gasteiger partial charge in [-0.3, -0.25) is 0 Å². The molecule has 0 aliphatic heterocycles. The summed E-state index contributed by atoms with van der Waals surface area (Å²) < 4.78 is 0. The molecule has 0 fully saturated rings. The van der Waals surface area contributed by atoms with E-state index < -0.39 is 0 Å². The van der Waals surface area contributed by atoms with E-state index in [9.17, 15) is 0 Å². The lowest BCUT2D eigenvalue weighted by Gasteiger charge is -1.91. The normalized spacial score (nSPS) is 9.20. The minimum atomic E-state index is 0.653. The molecule has 0 aliphatic rings. The van der Waals surface area contributed by atoms with E-state index in [0.29, 0.717) is 5.56 Å². The van der Waals surface area contributed by atoms with Crippen molar-refractivity contribution in [3.63, 3.8) is 0 Å². The Labute approximate surface area is 122 Å². The smallest absolute Gasteiger partial charge is 0.0991 e. The fraction of sp³-hybridized carbons (Fsp3) is 0.316. The molecule has 20 heavy (non-hydrogen) atoms. The van der Waals surface area contributed by atoms with E-state index in [4.69, 9.17) is 5.26 Å². The molecule has 0 aromatic heterocycles. The quantitative estimate of drug-likeness (QED) is 0.580. The number of nitriles is 1. The molecule has 1 nitrogen and oxygen atoms in total. The van der Waals surface area contributed by atoms with Gasteiger partial charge in [-0.25, -0.2) is 0 Å². The van der Waals surface area contributed by atoms with Gasteiger partial charge in [0.05, 0.1) is 11.6 Å². The van der Waals surface area contributed by atoms with Crippen LogP contribution >= 0.6 is 0 Å². The van der Waals surface area contributed by atoms with Gasteiger partial charge in [0.2, 0.25) is 0 Å². The zero-order valence-corrected chi connectivity index (χ0v) is 11.9. The molecule has 0 saturated carbocycles. The summed E-state index contributed by atoms with van der Waals surface area (Å²) in [7, 11) is 0. The molecule has 0 heterocycles. The number of allylic oxidation sites excluding steroid dienone is 2. The Morgan fingerprint density at radius 2 is 1.65 bits per heavy atom. The summed E-state index contributed by atoms with van der Waals surface area (Å²) in [5.74, 6) is 12.0. The number of benzene rings is 1. The zero-order chi connectivity index (χ0) is 14.5. The minimum Gasteiger partial charge on any atom is -0.192 e. The summed E-state index contributed by atoms with van der Waals surface area (Å²) >= 11 is 0. The standard InChI is InChI=1S/C19H19N/c1-2-3-4-5-6-7-8-9-10-11-12-18-13-15-19(17-20)16-14-18/h9-10,13-16H,2-6H2,1H3. The Balaban J connectivity index is 2.32. The maximum atomic E-state index is 8.68.